The van der Waals surface area contributed by atoms with E-state index in [0.717, 1.165) is 49.5 Å². The molecule has 27 heavy (non-hydrogen) atoms. The molecule has 1 aliphatic heterocycles. The number of aromatic nitrogens is 3. The minimum absolute atomic E-state index is 0.337. The van der Waals surface area contributed by atoms with E-state index in [1.807, 2.05) is 42.6 Å². The standard InChI is InChI=1S/C20H23N5O2/c1-26-18-7-4-5-15(13-18)19-23-20(27-24-19)22-16-8-11-25(12-9-16)14-17-6-2-3-10-21-17/h2-7,10,13,16H,8-9,11-12,14H2,1H3,(H,22,23,24). The second kappa shape index (κ2) is 8.18. The highest BCUT2D eigenvalue weighted by atomic mass is 16.5. The summed E-state index contributed by atoms with van der Waals surface area (Å²) in [6, 6.07) is 14.5. The maximum Gasteiger partial charge on any atom is 0.322 e. The van der Waals surface area contributed by atoms with Gasteiger partial charge in [0.1, 0.15) is 5.75 Å². The number of anilines is 1. The first-order chi connectivity index (χ1) is 13.3. The number of likely N-dealkylation sites (tertiary alicyclic amines) is 1. The predicted octanol–water partition coefficient (Wildman–Crippen LogP) is 3.22. The van der Waals surface area contributed by atoms with Crippen LogP contribution in [0.15, 0.2) is 53.2 Å². The number of benzene rings is 1. The van der Waals surface area contributed by atoms with Crippen molar-refractivity contribution in [2.24, 2.45) is 0 Å². The summed E-state index contributed by atoms with van der Waals surface area (Å²) in [7, 11) is 1.64. The molecule has 0 spiro atoms. The van der Waals surface area contributed by atoms with Crippen molar-refractivity contribution >= 4 is 6.01 Å². The first kappa shape index (κ1) is 17.5. The van der Waals surface area contributed by atoms with Crippen molar-refractivity contribution in [3.05, 3.63) is 54.4 Å². The van der Waals surface area contributed by atoms with Crippen molar-refractivity contribution < 1.29 is 9.26 Å². The minimum atomic E-state index is 0.337. The van der Waals surface area contributed by atoms with Crippen molar-refractivity contribution in [2.45, 2.75) is 25.4 Å². The van der Waals surface area contributed by atoms with Gasteiger partial charge in [-0.3, -0.25) is 9.88 Å². The molecule has 140 valence electrons. The molecule has 1 N–H and O–H groups in total. The van der Waals surface area contributed by atoms with E-state index in [9.17, 15) is 0 Å². The van der Waals surface area contributed by atoms with Crippen LogP contribution in [0, 0.1) is 0 Å². The van der Waals surface area contributed by atoms with Gasteiger partial charge in [-0.2, -0.15) is 4.98 Å². The zero-order valence-corrected chi connectivity index (χ0v) is 15.3. The molecular weight excluding hydrogens is 342 g/mol. The Labute approximate surface area is 158 Å². The summed E-state index contributed by atoms with van der Waals surface area (Å²) >= 11 is 0. The lowest BCUT2D eigenvalue weighted by molar-refractivity contribution is 0.207. The van der Waals surface area contributed by atoms with Gasteiger partial charge in [-0.15, -0.1) is 0 Å². The number of methoxy groups -OCH3 is 1. The van der Waals surface area contributed by atoms with Gasteiger partial charge in [-0.25, -0.2) is 0 Å². The third-order valence-electron chi connectivity index (χ3n) is 4.78. The normalized spacial score (nSPS) is 15.6. The summed E-state index contributed by atoms with van der Waals surface area (Å²) < 4.78 is 10.6. The van der Waals surface area contributed by atoms with E-state index < -0.39 is 0 Å². The fourth-order valence-electron chi connectivity index (χ4n) is 3.29. The summed E-state index contributed by atoms with van der Waals surface area (Å²) in [5.41, 5.74) is 1.99. The molecule has 3 aromatic rings. The molecule has 0 bridgehead atoms. The summed E-state index contributed by atoms with van der Waals surface area (Å²) in [4.78, 5) is 11.3. The smallest absolute Gasteiger partial charge is 0.322 e. The highest BCUT2D eigenvalue weighted by molar-refractivity contribution is 5.57. The quantitative estimate of drug-likeness (QED) is 0.719. The van der Waals surface area contributed by atoms with Gasteiger partial charge in [-0.05, 0) is 37.1 Å². The molecule has 2 aromatic heterocycles. The van der Waals surface area contributed by atoms with E-state index in [1.54, 1.807) is 7.11 Å². The molecule has 0 saturated carbocycles. The highest BCUT2D eigenvalue weighted by Crippen LogP contribution is 2.23. The van der Waals surface area contributed by atoms with E-state index in [-0.39, 0.29) is 0 Å². The van der Waals surface area contributed by atoms with E-state index in [0.29, 0.717) is 17.9 Å². The van der Waals surface area contributed by atoms with Crippen molar-refractivity contribution in [3.8, 4) is 17.1 Å². The monoisotopic (exact) mass is 365 g/mol. The molecule has 1 fully saturated rings. The maximum absolute atomic E-state index is 5.38. The SMILES string of the molecule is COc1cccc(-c2noc(NC3CCN(Cc4ccccn4)CC3)n2)c1. The molecule has 1 aromatic carbocycles. The number of pyridine rings is 1. The van der Waals surface area contributed by atoms with Crippen LogP contribution < -0.4 is 10.1 Å². The molecule has 4 rings (SSSR count). The Morgan fingerprint density at radius 2 is 2.07 bits per heavy atom. The van der Waals surface area contributed by atoms with Crippen LogP contribution in [-0.4, -0.2) is 46.3 Å². The zero-order valence-electron chi connectivity index (χ0n) is 15.3. The lowest BCUT2D eigenvalue weighted by atomic mass is 10.1. The first-order valence-corrected chi connectivity index (χ1v) is 9.17. The van der Waals surface area contributed by atoms with Crippen LogP contribution in [0.2, 0.25) is 0 Å². The van der Waals surface area contributed by atoms with Gasteiger partial charge in [0.15, 0.2) is 0 Å². The van der Waals surface area contributed by atoms with Gasteiger partial charge in [0.05, 0.1) is 12.8 Å². The Hall–Kier alpha value is -2.93. The van der Waals surface area contributed by atoms with Crippen LogP contribution in [0.3, 0.4) is 0 Å². The molecule has 0 radical (unpaired) electrons. The first-order valence-electron chi connectivity index (χ1n) is 9.17. The van der Waals surface area contributed by atoms with Crippen LogP contribution in [0.5, 0.6) is 5.75 Å². The van der Waals surface area contributed by atoms with E-state index in [1.165, 1.54) is 0 Å². The molecule has 0 atom stereocenters. The molecular formula is C20H23N5O2. The highest BCUT2D eigenvalue weighted by Gasteiger charge is 2.21. The Kier molecular flexibility index (Phi) is 5.29. The van der Waals surface area contributed by atoms with Gasteiger partial charge in [-0.1, -0.05) is 23.4 Å². The maximum atomic E-state index is 5.38. The number of nitrogens with one attached hydrogen (secondary N) is 1. The molecule has 1 saturated heterocycles. The summed E-state index contributed by atoms with van der Waals surface area (Å²) in [6.45, 7) is 2.93. The average Bonchev–Trinajstić information content (AvgIpc) is 3.19. The Morgan fingerprint density at radius 1 is 1.19 bits per heavy atom. The van der Waals surface area contributed by atoms with Crippen molar-refractivity contribution in [1.29, 1.82) is 0 Å². The average molecular weight is 365 g/mol. The van der Waals surface area contributed by atoms with Crippen LogP contribution in [0.1, 0.15) is 18.5 Å². The van der Waals surface area contributed by atoms with Gasteiger partial charge < -0.3 is 14.6 Å². The van der Waals surface area contributed by atoms with Crippen molar-refractivity contribution in [2.75, 3.05) is 25.5 Å². The fourth-order valence-corrected chi connectivity index (χ4v) is 3.29. The molecule has 1 aliphatic rings. The van der Waals surface area contributed by atoms with E-state index in [4.69, 9.17) is 9.26 Å². The number of hydrogen-bond acceptors (Lipinski definition) is 7. The number of rotatable bonds is 6. The van der Waals surface area contributed by atoms with Gasteiger partial charge in [0.2, 0.25) is 5.82 Å². The second-order valence-corrected chi connectivity index (χ2v) is 6.67. The van der Waals surface area contributed by atoms with Crippen molar-refractivity contribution in [1.82, 2.24) is 20.0 Å². The molecule has 7 heteroatoms. The van der Waals surface area contributed by atoms with Crippen molar-refractivity contribution in [3.63, 3.8) is 0 Å². The van der Waals surface area contributed by atoms with E-state index in [2.05, 4.69) is 31.4 Å². The Bertz CT molecular complexity index is 860. The van der Waals surface area contributed by atoms with Crippen LogP contribution in [-0.2, 0) is 6.54 Å². The minimum Gasteiger partial charge on any atom is -0.497 e. The zero-order chi connectivity index (χ0) is 18.5. The lowest BCUT2D eigenvalue weighted by Crippen LogP contribution is -2.38. The predicted molar refractivity (Wildman–Crippen MR) is 102 cm³/mol. The summed E-state index contributed by atoms with van der Waals surface area (Å²) in [5, 5.41) is 7.45. The Morgan fingerprint density at radius 3 is 2.85 bits per heavy atom. The Balaban J connectivity index is 1.31. The summed E-state index contributed by atoms with van der Waals surface area (Å²) in [5.74, 6) is 1.33. The lowest BCUT2D eigenvalue weighted by Gasteiger charge is -2.31. The number of hydrogen-bond donors (Lipinski definition) is 1. The summed E-state index contributed by atoms with van der Waals surface area (Å²) in [6.07, 6.45) is 3.91. The van der Waals surface area contributed by atoms with Gasteiger partial charge in [0, 0.05) is 37.4 Å². The third-order valence-corrected chi connectivity index (χ3v) is 4.78. The van der Waals surface area contributed by atoms with Crippen LogP contribution >= 0.6 is 0 Å². The molecule has 3 heterocycles. The van der Waals surface area contributed by atoms with Gasteiger partial charge in [0.25, 0.3) is 0 Å². The number of ether oxygens (including phenoxy) is 1. The fraction of sp³-hybridized carbons (Fsp3) is 0.350. The molecule has 0 amide bonds. The largest absolute Gasteiger partial charge is 0.497 e. The number of nitrogens with zero attached hydrogens (tertiary/aromatic N) is 4. The van der Waals surface area contributed by atoms with Crippen LogP contribution in [0.25, 0.3) is 11.4 Å². The van der Waals surface area contributed by atoms with Gasteiger partial charge >= 0.3 is 6.01 Å². The topological polar surface area (TPSA) is 76.3 Å². The molecule has 0 unspecified atom stereocenters. The number of piperidine rings is 1. The molecule has 0 aliphatic carbocycles. The van der Waals surface area contributed by atoms with E-state index >= 15 is 0 Å². The van der Waals surface area contributed by atoms with Crippen LogP contribution in [0.4, 0.5) is 6.01 Å². The third kappa shape index (κ3) is 4.43. The molecule has 7 nitrogen and oxygen atoms in total. The second-order valence-electron chi connectivity index (χ2n) is 6.67.